The van der Waals surface area contributed by atoms with Crippen LogP contribution in [0.5, 0.6) is 0 Å². The van der Waals surface area contributed by atoms with E-state index in [9.17, 15) is 19.8 Å². The van der Waals surface area contributed by atoms with Crippen molar-refractivity contribution in [2.24, 2.45) is 0 Å². The molecule has 4 atom stereocenters. The highest BCUT2D eigenvalue weighted by Gasteiger charge is 2.53. The number of nitrogens with zero attached hydrogens (tertiary/aromatic N) is 2. The molecule has 2 N–H and O–H groups in total. The number of hydrogen-bond acceptors (Lipinski definition) is 4. The topological polar surface area (TPSA) is 81.1 Å². The van der Waals surface area contributed by atoms with Crippen molar-refractivity contribution in [2.45, 2.75) is 37.1 Å². The summed E-state index contributed by atoms with van der Waals surface area (Å²) in [5.74, 6) is -0.254. The summed E-state index contributed by atoms with van der Waals surface area (Å²) in [5.41, 5.74) is 0. The highest BCUT2D eigenvalue weighted by molar-refractivity contribution is 5.98. The number of carbonyl (C=O) groups excluding carboxylic acids is 2. The zero-order valence-electron chi connectivity index (χ0n) is 8.74. The molecule has 3 aliphatic rings. The van der Waals surface area contributed by atoms with Crippen molar-refractivity contribution < 1.29 is 19.8 Å². The quantitative estimate of drug-likeness (QED) is 0.497. The summed E-state index contributed by atoms with van der Waals surface area (Å²) in [4.78, 5) is 27.0. The molecule has 6 heteroatoms. The average Bonchev–Trinajstić information content (AvgIpc) is 2.78. The predicted octanol–water partition coefficient (Wildman–Crippen LogP) is -2.08. The van der Waals surface area contributed by atoms with Crippen LogP contribution in [-0.4, -0.2) is 69.2 Å². The molecule has 0 unspecified atom stereocenters. The second kappa shape index (κ2) is 3.18. The highest BCUT2D eigenvalue weighted by Crippen LogP contribution is 2.32. The van der Waals surface area contributed by atoms with Crippen LogP contribution >= 0.6 is 0 Å². The number of aliphatic hydroxyl groups excluding tert-OH is 2. The van der Waals surface area contributed by atoms with Crippen molar-refractivity contribution in [1.82, 2.24) is 9.80 Å². The summed E-state index contributed by atoms with van der Waals surface area (Å²) in [6.45, 7) is 0.491. The van der Waals surface area contributed by atoms with E-state index in [-0.39, 0.29) is 24.9 Å². The fourth-order valence-corrected chi connectivity index (χ4v) is 2.97. The molecule has 6 nitrogen and oxygen atoms in total. The first-order valence-electron chi connectivity index (χ1n) is 5.55. The second-order valence-electron chi connectivity index (χ2n) is 4.79. The van der Waals surface area contributed by atoms with E-state index in [1.165, 1.54) is 9.80 Å². The second-order valence-corrected chi connectivity index (χ2v) is 4.79. The van der Waals surface area contributed by atoms with E-state index < -0.39 is 24.3 Å². The first-order chi connectivity index (χ1) is 7.58. The van der Waals surface area contributed by atoms with Gasteiger partial charge in [0, 0.05) is 25.9 Å². The Labute approximate surface area is 92.4 Å². The Morgan fingerprint density at radius 2 is 1.25 bits per heavy atom. The molecule has 3 rings (SSSR count). The van der Waals surface area contributed by atoms with Gasteiger partial charge in [-0.2, -0.15) is 0 Å². The standard InChI is InChI=1S/C10H14N2O4/c13-5-1-7-9(15)12-4-6(14)2-8(12)10(16)11(7)3-5/h5-8,13-14H,1-4H2/t5-,6-,7+,8+/m1/s1. The van der Waals surface area contributed by atoms with Crippen LogP contribution in [0.25, 0.3) is 0 Å². The van der Waals surface area contributed by atoms with Crippen LogP contribution in [0.4, 0.5) is 0 Å². The minimum Gasteiger partial charge on any atom is -0.391 e. The molecule has 88 valence electrons. The van der Waals surface area contributed by atoms with Crippen LogP contribution in [0.15, 0.2) is 0 Å². The molecule has 0 aromatic carbocycles. The van der Waals surface area contributed by atoms with Gasteiger partial charge in [0.15, 0.2) is 0 Å². The van der Waals surface area contributed by atoms with Gasteiger partial charge >= 0.3 is 0 Å². The van der Waals surface area contributed by atoms with Gasteiger partial charge in [-0.05, 0) is 0 Å². The smallest absolute Gasteiger partial charge is 0.246 e. The lowest BCUT2D eigenvalue weighted by atomic mass is 10.1. The molecule has 3 fully saturated rings. The summed E-state index contributed by atoms with van der Waals surface area (Å²) in [5, 5.41) is 19.0. The third-order valence-electron chi connectivity index (χ3n) is 3.69. The number of aliphatic hydroxyl groups is 2. The van der Waals surface area contributed by atoms with Gasteiger partial charge in [0.25, 0.3) is 0 Å². The Hall–Kier alpha value is -1.14. The molecular formula is C10H14N2O4. The maximum absolute atomic E-state index is 12.0. The maximum Gasteiger partial charge on any atom is 0.246 e. The van der Waals surface area contributed by atoms with E-state index >= 15 is 0 Å². The van der Waals surface area contributed by atoms with Gasteiger partial charge in [-0.15, -0.1) is 0 Å². The van der Waals surface area contributed by atoms with E-state index in [0.29, 0.717) is 12.8 Å². The molecule has 0 spiro atoms. The summed E-state index contributed by atoms with van der Waals surface area (Å²) >= 11 is 0. The van der Waals surface area contributed by atoms with E-state index in [0.717, 1.165) is 0 Å². The van der Waals surface area contributed by atoms with Gasteiger partial charge in [0.2, 0.25) is 11.8 Å². The van der Waals surface area contributed by atoms with Crippen molar-refractivity contribution in [3.63, 3.8) is 0 Å². The van der Waals surface area contributed by atoms with Crippen LogP contribution in [0, 0.1) is 0 Å². The lowest BCUT2D eigenvalue weighted by Gasteiger charge is -2.38. The van der Waals surface area contributed by atoms with Crippen LogP contribution in [-0.2, 0) is 9.59 Å². The highest BCUT2D eigenvalue weighted by atomic mass is 16.3. The van der Waals surface area contributed by atoms with E-state index in [1.54, 1.807) is 0 Å². The summed E-state index contributed by atoms with van der Waals surface area (Å²) in [7, 11) is 0. The fraction of sp³-hybridized carbons (Fsp3) is 0.800. The molecular weight excluding hydrogens is 212 g/mol. The number of fused-ring (bicyclic) bond motifs is 2. The molecule has 0 aromatic heterocycles. The van der Waals surface area contributed by atoms with Gasteiger partial charge in [0.05, 0.1) is 12.2 Å². The Kier molecular flexibility index (Phi) is 1.99. The third-order valence-corrected chi connectivity index (χ3v) is 3.69. The lowest BCUT2D eigenvalue weighted by molar-refractivity contribution is -0.157. The average molecular weight is 226 g/mol. The summed E-state index contributed by atoms with van der Waals surface area (Å²) < 4.78 is 0. The van der Waals surface area contributed by atoms with Crippen molar-refractivity contribution in [3.05, 3.63) is 0 Å². The number of amides is 2. The molecule has 3 heterocycles. The van der Waals surface area contributed by atoms with Crippen LogP contribution < -0.4 is 0 Å². The van der Waals surface area contributed by atoms with Crippen molar-refractivity contribution >= 4 is 11.8 Å². The SMILES string of the molecule is O=C1[C@@H]2C[C@@H](O)CN2C(=O)[C@@H]2C[C@@H](O)CN12. The molecule has 0 aliphatic carbocycles. The lowest BCUT2D eigenvalue weighted by Crippen LogP contribution is -2.60. The maximum atomic E-state index is 12.0. The minimum absolute atomic E-state index is 0.127. The molecule has 0 radical (unpaired) electrons. The van der Waals surface area contributed by atoms with Crippen LogP contribution in [0.1, 0.15) is 12.8 Å². The summed E-state index contributed by atoms with van der Waals surface area (Å²) in [6, 6.07) is -1.02. The molecule has 3 aliphatic heterocycles. The number of piperazine rings is 1. The Morgan fingerprint density at radius 3 is 1.62 bits per heavy atom. The van der Waals surface area contributed by atoms with Gasteiger partial charge in [0.1, 0.15) is 12.1 Å². The van der Waals surface area contributed by atoms with E-state index in [2.05, 4.69) is 0 Å². The number of hydrogen-bond donors (Lipinski definition) is 2. The van der Waals surface area contributed by atoms with Crippen LogP contribution in [0.2, 0.25) is 0 Å². The predicted molar refractivity (Wildman–Crippen MR) is 52.2 cm³/mol. The fourth-order valence-electron chi connectivity index (χ4n) is 2.97. The largest absolute Gasteiger partial charge is 0.391 e. The monoisotopic (exact) mass is 226 g/mol. The third kappa shape index (κ3) is 1.20. The Bertz CT molecular complexity index is 297. The Morgan fingerprint density at radius 1 is 0.875 bits per heavy atom. The zero-order valence-corrected chi connectivity index (χ0v) is 8.74. The van der Waals surface area contributed by atoms with Crippen molar-refractivity contribution in [2.75, 3.05) is 13.1 Å². The van der Waals surface area contributed by atoms with E-state index in [4.69, 9.17) is 0 Å². The van der Waals surface area contributed by atoms with Gasteiger partial charge in [-0.3, -0.25) is 9.59 Å². The van der Waals surface area contributed by atoms with Crippen molar-refractivity contribution in [3.8, 4) is 0 Å². The van der Waals surface area contributed by atoms with Gasteiger partial charge in [-0.1, -0.05) is 0 Å². The summed E-state index contributed by atoms with van der Waals surface area (Å²) in [6.07, 6.45) is -0.543. The molecule has 0 aromatic rings. The first kappa shape index (κ1) is 10.0. The minimum atomic E-state index is -0.595. The Balaban J connectivity index is 1.92. The molecule has 16 heavy (non-hydrogen) atoms. The van der Waals surface area contributed by atoms with Crippen LogP contribution in [0.3, 0.4) is 0 Å². The molecule has 0 bridgehead atoms. The number of rotatable bonds is 0. The van der Waals surface area contributed by atoms with Gasteiger partial charge in [-0.25, -0.2) is 0 Å². The number of carbonyl (C=O) groups is 2. The van der Waals surface area contributed by atoms with E-state index in [1.807, 2.05) is 0 Å². The normalized spacial score (nSPS) is 42.6. The first-order valence-corrected chi connectivity index (χ1v) is 5.55. The van der Waals surface area contributed by atoms with Gasteiger partial charge < -0.3 is 20.0 Å². The van der Waals surface area contributed by atoms with Crippen molar-refractivity contribution in [1.29, 1.82) is 0 Å². The zero-order chi connectivity index (χ0) is 11.4. The molecule has 3 saturated heterocycles. The molecule has 0 saturated carbocycles. The molecule has 2 amide bonds.